The molecule has 0 atom stereocenters. The summed E-state index contributed by atoms with van der Waals surface area (Å²) in [6.45, 7) is -3.25. The van der Waals surface area contributed by atoms with Crippen molar-refractivity contribution >= 4 is 17.7 Å². The van der Waals surface area contributed by atoms with E-state index in [0.717, 1.165) is 18.2 Å². The van der Waals surface area contributed by atoms with E-state index in [-0.39, 0.29) is 18.7 Å². The van der Waals surface area contributed by atoms with Crippen molar-refractivity contribution in [2.24, 2.45) is 0 Å². The second kappa shape index (κ2) is 7.22. The van der Waals surface area contributed by atoms with Gasteiger partial charge in [0.05, 0.1) is 6.42 Å². The second-order valence-electron chi connectivity index (χ2n) is 3.55. The molecule has 0 aliphatic rings. The summed E-state index contributed by atoms with van der Waals surface area (Å²) in [4.78, 5) is 21.5. The van der Waals surface area contributed by atoms with Gasteiger partial charge in [-0.2, -0.15) is 8.78 Å². The summed E-state index contributed by atoms with van der Waals surface area (Å²) in [5, 5.41) is 12.8. The highest BCUT2D eigenvalue weighted by Gasteiger charge is 2.11. The van der Waals surface area contributed by atoms with Crippen molar-refractivity contribution in [2.45, 2.75) is 13.0 Å². The summed E-state index contributed by atoms with van der Waals surface area (Å²) in [7, 11) is 0. The molecule has 3 N–H and O–H groups in total. The molecule has 0 unspecified atom stereocenters. The Morgan fingerprint density at radius 2 is 2.05 bits per heavy atom. The van der Waals surface area contributed by atoms with Crippen LogP contribution in [0.4, 0.5) is 23.7 Å². The fourth-order valence-corrected chi connectivity index (χ4v) is 1.23. The van der Waals surface area contributed by atoms with Crippen LogP contribution in [-0.2, 0) is 4.79 Å². The number of aliphatic carboxylic acids is 1. The number of anilines is 1. The Balaban J connectivity index is 2.54. The largest absolute Gasteiger partial charge is 0.481 e. The molecular formula is C11H11F3N2O4. The third-order valence-electron chi connectivity index (χ3n) is 2.03. The number of alkyl halides is 2. The van der Waals surface area contributed by atoms with Gasteiger partial charge in [0.2, 0.25) is 0 Å². The molecule has 0 spiro atoms. The summed E-state index contributed by atoms with van der Waals surface area (Å²) in [6, 6.07) is 2.16. The van der Waals surface area contributed by atoms with Gasteiger partial charge in [0.15, 0.2) is 11.6 Å². The average molecular weight is 292 g/mol. The molecule has 0 saturated carbocycles. The number of urea groups is 1. The number of amides is 2. The molecule has 0 heterocycles. The smallest absolute Gasteiger partial charge is 0.387 e. The molecule has 110 valence electrons. The maximum Gasteiger partial charge on any atom is 0.387 e. The molecule has 0 aliphatic carbocycles. The van der Waals surface area contributed by atoms with Crippen LogP contribution in [0, 0.1) is 5.82 Å². The van der Waals surface area contributed by atoms with E-state index in [2.05, 4.69) is 15.4 Å². The highest BCUT2D eigenvalue weighted by atomic mass is 19.3. The maximum atomic E-state index is 13.3. The van der Waals surface area contributed by atoms with Crippen LogP contribution in [0.25, 0.3) is 0 Å². The molecule has 0 fully saturated rings. The second-order valence-corrected chi connectivity index (χ2v) is 3.55. The third kappa shape index (κ3) is 5.46. The third-order valence-corrected chi connectivity index (χ3v) is 2.03. The van der Waals surface area contributed by atoms with Crippen molar-refractivity contribution in [1.82, 2.24) is 5.32 Å². The summed E-state index contributed by atoms with van der Waals surface area (Å²) >= 11 is 0. The average Bonchev–Trinajstić information content (AvgIpc) is 2.31. The van der Waals surface area contributed by atoms with Gasteiger partial charge in [-0.15, -0.1) is 0 Å². The fraction of sp³-hybridized carbons (Fsp3) is 0.273. The first-order valence-electron chi connectivity index (χ1n) is 5.39. The van der Waals surface area contributed by atoms with E-state index in [1.807, 2.05) is 0 Å². The minimum atomic E-state index is -3.15. The molecule has 0 aliphatic heterocycles. The van der Waals surface area contributed by atoms with Gasteiger partial charge < -0.3 is 20.5 Å². The van der Waals surface area contributed by atoms with Crippen molar-refractivity contribution in [1.29, 1.82) is 0 Å². The Hall–Kier alpha value is -2.45. The fourth-order valence-electron chi connectivity index (χ4n) is 1.23. The summed E-state index contributed by atoms with van der Waals surface area (Å²) in [5.74, 6) is -2.78. The molecule has 1 rings (SSSR count). The molecule has 0 saturated heterocycles. The lowest BCUT2D eigenvalue weighted by Gasteiger charge is -2.09. The van der Waals surface area contributed by atoms with Crippen molar-refractivity contribution in [3.05, 3.63) is 24.0 Å². The van der Waals surface area contributed by atoms with Crippen LogP contribution in [0.15, 0.2) is 18.2 Å². The molecule has 20 heavy (non-hydrogen) atoms. The van der Waals surface area contributed by atoms with E-state index in [9.17, 15) is 22.8 Å². The summed E-state index contributed by atoms with van der Waals surface area (Å²) in [6.07, 6.45) is -0.261. The Labute approximate surface area is 111 Å². The van der Waals surface area contributed by atoms with Gasteiger partial charge >= 0.3 is 18.6 Å². The molecule has 1 aromatic carbocycles. The van der Waals surface area contributed by atoms with Crippen LogP contribution in [0.3, 0.4) is 0 Å². The minimum Gasteiger partial charge on any atom is -0.481 e. The number of rotatable bonds is 6. The van der Waals surface area contributed by atoms with Crippen molar-refractivity contribution in [3.8, 4) is 5.75 Å². The number of hydrogen-bond donors (Lipinski definition) is 3. The van der Waals surface area contributed by atoms with Crippen molar-refractivity contribution in [2.75, 3.05) is 11.9 Å². The Morgan fingerprint density at radius 1 is 1.35 bits per heavy atom. The van der Waals surface area contributed by atoms with Gasteiger partial charge in [-0.3, -0.25) is 4.79 Å². The van der Waals surface area contributed by atoms with E-state index < -0.39 is 30.2 Å². The van der Waals surface area contributed by atoms with E-state index in [1.165, 1.54) is 0 Å². The normalized spacial score (nSPS) is 10.2. The van der Waals surface area contributed by atoms with E-state index in [1.54, 1.807) is 0 Å². The summed E-state index contributed by atoms with van der Waals surface area (Å²) in [5.41, 5.74) is 0.0111. The Morgan fingerprint density at radius 3 is 2.60 bits per heavy atom. The first-order valence-corrected chi connectivity index (χ1v) is 5.39. The van der Waals surface area contributed by atoms with Crippen LogP contribution < -0.4 is 15.4 Å². The van der Waals surface area contributed by atoms with E-state index >= 15 is 0 Å². The number of carboxylic acid groups (broad SMARTS) is 1. The number of halogens is 3. The minimum absolute atomic E-state index is 0.0111. The lowest BCUT2D eigenvalue weighted by atomic mass is 10.3. The maximum absolute atomic E-state index is 13.3. The standard InChI is InChI=1S/C11H11F3N2O4/c12-7-5-6(1-2-8(7)20-10(13)14)16-11(19)15-4-3-9(17)18/h1-2,5,10H,3-4H2,(H,17,18)(H2,15,16,19). The lowest BCUT2D eigenvalue weighted by molar-refractivity contribution is -0.136. The Kier molecular flexibility index (Phi) is 5.63. The molecule has 0 aromatic heterocycles. The first kappa shape index (κ1) is 15.6. The SMILES string of the molecule is O=C(O)CCNC(=O)Nc1ccc(OC(F)F)c(F)c1. The van der Waals surface area contributed by atoms with E-state index in [4.69, 9.17) is 5.11 Å². The van der Waals surface area contributed by atoms with Crippen molar-refractivity contribution < 1.29 is 32.6 Å². The lowest BCUT2D eigenvalue weighted by Crippen LogP contribution is -2.30. The Bertz CT molecular complexity index is 497. The number of carbonyl (C=O) groups excluding carboxylic acids is 1. The highest BCUT2D eigenvalue weighted by molar-refractivity contribution is 5.89. The zero-order valence-electron chi connectivity index (χ0n) is 10.0. The van der Waals surface area contributed by atoms with E-state index in [0.29, 0.717) is 0 Å². The van der Waals surface area contributed by atoms with Gasteiger partial charge in [-0.05, 0) is 12.1 Å². The van der Waals surface area contributed by atoms with Crippen molar-refractivity contribution in [3.63, 3.8) is 0 Å². The topological polar surface area (TPSA) is 87.7 Å². The monoisotopic (exact) mass is 292 g/mol. The predicted molar refractivity (Wildman–Crippen MR) is 62.3 cm³/mol. The van der Waals surface area contributed by atoms with Gasteiger partial charge in [-0.25, -0.2) is 9.18 Å². The van der Waals surface area contributed by atoms with Crippen LogP contribution in [-0.4, -0.2) is 30.3 Å². The number of carbonyl (C=O) groups is 2. The highest BCUT2D eigenvalue weighted by Crippen LogP contribution is 2.22. The first-order chi connectivity index (χ1) is 9.38. The molecule has 9 heteroatoms. The molecule has 0 bridgehead atoms. The number of ether oxygens (including phenoxy) is 1. The van der Waals surface area contributed by atoms with Gasteiger partial charge in [-0.1, -0.05) is 0 Å². The molecule has 6 nitrogen and oxygen atoms in total. The zero-order chi connectivity index (χ0) is 15.1. The molecule has 1 aromatic rings. The number of hydrogen-bond acceptors (Lipinski definition) is 3. The zero-order valence-corrected chi connectivity index (χ0v) is 10.0. The summed E-state index contributed by atoms with van der Waals surface area (Å²) < 4.78 is 41.0. The van der Waals surface area contributed by atoms with Gasteiger partial charge in [0, 0.05) is 18.3 Å². The van der Waals surface area contributed by atoms with Gasteiger partial charge in [0.1, 0.15) is 0 Å². The predicted octanol–water partition coefficient (Wildman–Crippen LogP) is 2.02. The van der Waals surface area contributed by atoms with Gasteiger partial charge in [0.25, 0.3) is 0 Å². The number of nitrogens with one attached hydrogen (secondary N) is 2. The molecule has 0 radical (unpaired) electrons. The number of benzene rings is 1. The molecular weight excluding hydrogens is 281 g/mol. The van der Waals surface area contributed by atoms with Crippen LogP contribution >= 0.6 is 0 Å². The molecule has 2 amide bonds. The van der Waals surface area contributed by atoms with Crippen LogP contribution in [0.2, 0.25) is 0 Å². The quantitative estimate of drug-likeness (QED) is 0.748. The number of carboxylic acids is 1. The van der Waals surface area contributed by atoms with Crippen LogP contribution in [0.5, 0.6) is 5.75 Å². The van der Waals surface area contributed by atoms with Crippen LogP contribution in [0.1, 0.15) is 6.42 Å².